The molecule has 0 saturated heterocycles. The predicted octanol–water partition coefficient (Wildman–Crippen LogP) is 0.958. The molecule has 0 atom stereocenters. The van der Waals surface area contributed by atoms with Crippen LogP contribution in [0, 0.1) is 0 Å². The lowest BCUT2D eigenvalue weighted by Crippen LogP contribution is -2.26. The minimum absolute atomic E-state index is 0.127. The first-order valence-corrected chi connectivity index (χ1v) is 7.34. The Morgan fingerprint density at radius 1 is 1.50 bits per heavy atom. The van der Waals surface area contributed by atoms with Crippen molar-refractivity contribution in [1.29, 1.82) is 0 Å². The molecular formula is C13H14N4O2S. The molecule has 0 saturated carbocycles. The average molecular weight is 290 g/mol. The van der Waals surface area contributed by atoms with E-state index in [0.717, 1.165) is 5.56 Å². The lowest BCUT2D eigenvalue weighted by atomic mass is 10.3. The van der Waals surface area contributed by atoms with Crippen molar-refractivity contribution in [3.63, 3.8) is 0 Å². The van der Waals surface area contributed by atoms with Crippen LogP contribution < -0.4 is 10.9 Å². The van der Waals surface area contributed by atoms with Crippen LogP contribution in [0.25, 0.3) is 0 Å². The Kier molecular flexibility index (Phi) is 4.89. The van der Waals surface area contributed by atoms with Gasteiger partial charge in [0.1, 0.15) is 11.5 Å². The molecule has 2 aromatic rings. The highest BCUT2D eigenvalue weighted by atomic mass is 32.2. The van der Waals surface area contributed by atoms with Gasteiger partial charge < -0.3 is 10.3 Å². The van der Waals surface area contributed by atoms with Crippen LogP contribution in [-0.4, -0.2) is 27.1 Å². The molecule has 0 bridgehead atoms. The fourth-order valence-electron chi connectivity index (χ4n) is 1.61. The maximum absolute atomic E-state index is 12.0. The molecule has 2 heterocycles. The largest absolute Gasteiger partial charge is 0.347 e. The number of hydrogen-bond acceptors (Lipinski definition) is 5. The Hall–Kier alpha value is -2.15. The van der Waals surface area contributed by atoms with Crippen LogP contribution in [-0.2, 0) is 12.3 Å². The fraction of sp³-hybridized carbons (Fsp3) is 0.231. The fourth-order valence-corrected chi connectivity index (χ4v) is 2.02. The van der Waals surface area contributed by atoms with Gasteiger partial charge in [0.25, 0.3) is 11.5 Å². The number of pyridine rings is 1. The first-order valence-electron chi connectivity index (χ1n) is 5.95. The molecule has 0 aliphatic rings. The number of amides is 1. The van der Waals surface area contributed by atoms with Gasteiger partial charge in [-0.15, -0.1) is 0 Å². The van der Waals surface area contributed by atoms with E-state index >= 15 is 0 Å². The summed E-state index contributed by atoms with van der Waals surface area (Å²) in [4.78, 5) is 34.1. The number of aromatic nitrogens is 3. The summed E-state index contributed by atoms with van der Waals surface area (Å²) in [5.74, 6) is 0.678. The van der Waals surface area contributed by atoms with Crippen LogP contribution in [0.2, 0.25) is 0 Å². The van der Waals surface area contributed by atoms with Gasteiger partial charge in [0.2, 0.25) is 0 Å². The van der Waals surface area contributed by atoms with Crippen LogP contribution in [0.4, 0.5) is 0 Å². The zero-order chi connectivity index (χ0) is 14.4. The Morgan fingerprint density at radius 2 is 2.35 bits per heavy atom. The Balaban J connectivity index is 2.07. The van der Waals surface area contributed by atoms with Crippen LogP contribution in [0.1, 0.15) is 21.9 Å². The molecule has 0 aliphatic carbocycles. The van der Waals surface area contributed by atoms with Gasteiger partial charge in [0, 0.05) is 25.0 Å². The third-order valence-electron chi connectivity index (χ3n) is 2.48. The molecule has 7 heteroatoms. The van der Waals surface area contributed by atoms with Gasteiger partial charge in [0.15, 0.2) is 0 Å². The second-order valence-corrected chi connectivity index (χ2v) is 4.92. The molecule has 2 rings (SSSR count). The van der Waals surface area contributed by atoms with Crippen molar-refractivity contribution < 1.29 is 4.79 Å². The summed E-state index contributed by atoms with van der Waals surface area (Å²) in [6.45, 7) is 0.346. The van der Waals surface area contributed by atoms with Gasteiger partial charge in [-0.2, -0.15) is 11.8 Å². The van der Waals surface area contributed by atoms with E-state index in [-0.39, 0.29) is 17.2 Å². The maximum atomic E-state index is 12.0. The number of H-pyrrole nitrogens is 1. The van der Waals surface area contributed by atoms with Gasteiger partial charge in [-0.1, -0.05) is 6.07 Å². The summed E-state index contributed by atoms with van der Waals surface area (Å²) in [7, 11) is 0. The van der Waals surface area contributed by atoms with Crippen molar-refractivity contribution in [2.45, 2.75) is 12.3 Å². The summed E-state index contributed by atoms with van der Waals surface area (Å²) in [5.41, 5.74) is 0.687. The molecule has 0 radical (unpaired) electrons. The van der Waals surface area contributed by atoms with E-state index in [2.05, 4.69) is 20.3 Å². The SMILES string of the molecule is CSCc1nc(C(=O)NCc2cccnc2)cc(=O)[nH]1. The quantitative estimate of drug-likeness (QED) is 0.856. The van der Waals surface area contributed by atoms with E-state index in [1.807, 2.05) is 12.3 Å². The molecular weight excluding hydrogens is 276 g/mol. The number of nitrogens with zero attached hydrogens (tertiary/aromatic N) is 2. The standard InChI is InChI=1S/C13H14N4O2S/c1-20-8-11-16-10(5-12(18)17-11)13(19)15-7-9-3-2-4-14-6-9/h2-6H,7-8H2,1H3,(H,15,19)(H,16,17,18). The second-order valence-electron chi connectivity index (χ2n) is 4.05. The molecule has 6 nitrogen and oxygen atoms in total. The van der Waals surface area contributed by atoms with Gasteiger partial charge in [-0.25, -0.2) is 4.98 Å². The normalized spacial score (nSPS) is 10.2. The average Bonchev–Trinajstić information content (AvgIpc) is 2.45. The molecule has 0 unspecified atom stereocenters. The Bertz CT molecular complexity index is 642. The van der Waals surface area contributed by atoms with Crippen molar-refractivity contribution in [3.8, 4) is 0 Å². The number of aromatic amines is 1. The van der Waals surface area contributed by atoms with Crippen molar-refractivity contribution >= 4 is 17.7 Å². The Labute approximate surface area is 120 Å². The first kappa shape index (κ1) is 14.3. The summed E-state index contributed by atoms with van der Waals surface area (Å²) in [6.07, 6.45) is 5.23. The zero-order valence-corrected chi connectivity index (χ0v) is 11.7. The third kappa shape index (κ3) is 3.92. The van der Waals surface area contributed by atoms with Crippen molar-refractivity contribution in [1.82, 2.24) is 20.3 Å². The smallest absolute Gasteiger partial charge is 0.270 e. The topological polar surface area (TPSA) is 87.7 Å². The van der Waals surface area contributed by atoms with Crippen LogP contribution in [0.3, 0.4) is 0 Å². The molecule has 104 valence electrons. The van der Waals surface area contributed by atoms with E-state index in [0.29, 0.717) is 18.1 Å². The number of thioether (sulfide) groups is 1. The molecule has 0 aliphatic heterocycles. The molecule has 20 heavy (non-hydrogen) atoms. The van der Waals surface area contributed by atoms with E-state index in [9.17, 15) is 9.59 Å². The van der Waals surface area contributed by atoms with Crippen molar-refractivity contribution in [2.75, 3.05) is 6.26 Å². The molecule has 1 amide bonds. The molecule has 0 aromatic carbocycles. The highest BCUT2D eigenvalue weighted by Gasteiger charge is 2.09. The highest BCUT2D eigenvalue weighted by Crippen LogP contribution is 2.03. The summed E-state index contributed by atoms with van der Waals surface area (Å²) in [6, 6.07) is 4.85. The number of carbonyl (C=O) groups excluding carboxylic acids is 1. The number of hydrogen-bond donors (Lipinski definition) is 2. The zero-order valence-electron chi connectivity index (χ0n) is 10.9. The maximum Gasteiger partial charge on any atom is 0.270 e. The minimum atomic E-state index is -0.373. The summed E-state index contributed by atoms with van der Waals surface area (Å²) < 4.78 is 0. The lowest BCUT2D eigenvalue weighted by Gasteiger charge is -2.05. The molecule has 2 N–H and O–H groups in total. The molecule has 0 fully saturated rings. The highest BCUT2D eigenvalue weighted by molar-refractivity contribution is 7.97. The number of carbonyl (C=O) groups is 1. The van der Waals surface area contributed by atoms with E-state index in [1.54, 1.807) is 18.5 Å². The van der Waals surface area contributed by atoms with Gasteiger partial charge in [-0.3, -0.25) is 14.6 Å². The van der Waals surface area contributed by atoms with Crippen LogP contribution in [0.5, 0.6) is 0 Å². The van der Waals surface area contributed by atoms with Gasteiger partial charge >= 0.3 is 0 Å². The predicted molar refractivity (Wildman–Crippen MR) is 77.5 cm³/mol. The monoisotopic (exact) mass is 290 g/mol. The van der Waals surface area contributed by atoms with Crippen LogP contribution >= 0.6 is 11.8 Å². The second kappa shape index (κ2) is 6.85. The van der Waals surface area contributed by atoms with E-state index in [1.165, 1.54) is 17.8 Å². The van der Waals surface area contributed by atoms with Crippen molar-refractivity contribution in [3.05, 3.63) is 58.0 Å². The molecule has 0 spiro atoms. The van der Waals surface area contributed by atoms with Gasteiger partial charge in [-0.05, 0) is 17.9 Å². The third-order valence-corrected chi connectivity index (χ3v) is 3.04. The number of rotatable bonds is 5. The first-order chi connectivity index (χ1) is 9.69. The van der Waals surface area contributed by atoms with E-state index < -0.39 is 0 Å². The number of nitrogens with one attached hydrogen (secondary N) is 2. The summed E-state index contributed by atoms with van der Waals surface area (Å²) in [5, 5.41) is 2.71. The summed E-state index contributed by atoms with van der Waals surface area (Å²) >= 11 is 1.52. The Morgan fingerprint density at radius 3 is 3.05 bits per heavy atom. The van der Waals surface area contributed by atoms with Crippen molar-refractivity contribution in [2.24, 2.45) is 0 Å². The molecule has 2 aromatic heterocycles. The lowest BCUT2D eigenvalue weighted by molar-refractivity contribution is 0.0945. The van der Waals surface area contributed by atoms with Crippen LogP contribution in [0.15, 0.2) is 35.4 Å². The van der Waals surface area contributed by atoms with Gasteiger partial charge in [0.05, 0.1) is 5.75 Å². The minimum Gasteiger partial charge on any atom is -0.347 e. The van der Waals surface area contributed by atoms with E-state index in [4.69, 9.17) is 0 Å².